The third-order valence-electron chi connectivity index (χ3n) is 5.96. The van der Waals surface area contributed by atoms with Gasteiger partial charge in [0.2, 0.25) is 0 Å². The van der Waals surface area contributed by atoms with Crippen LogP contribution in [-0.2, 0) is 11.3 Å². The minimum atomic E-state index is -0.206. The Morgan fingerprint density at radius 2 is 1.54 bits per heavy atom. The van der Waals surface area contributed by atoms with Crippen molar-refractivity contribution < 1.29 is 19.1 Å². The van der Waals surface area contributed by atoms with Gasteiger partial charge in [-0.2, -0.15) is 0 Å². The second-order valence-electron chi connectivity index (χ2n) is 8.46. The standard InChI is InChI=1S/C26H22N2O3S.C2H6O/c1-17-8-11-24(32-17)22-15-27(23-14-18(16-29)9-10-19(22)23)12-4-5-13-28-25(30)20-6-2-3-7-21(20)26(28)31;1-3-2/h2-3,6-11,14-16H,4-5,12-13H2,1H3;1-2H3. The molecular formula is C28H28N2O4S. The van der Waals surface area contributed by atoms with Gasteiger partial charge >= 0.3 is 0 Å². The summed E-state index contributed by atoms with van der Waals surface area (Å²) in [5, 5.41) is 1.12. The topological polar surface area (TPSA) is 68.6 Å². The summed E-state index contributed by atoms with van der Waals surface area (Å²) in [6.07, 6.45) is 4.54. The summed E-state index contributed by atoms with van der Waals surface area (Å²) in [6, 6.07) is 17.0. The number of methoxy groups -OCH3 is 1. The maximum absolute atomic E-state index is 12.5. The fourth-order valence-electron chi connectivity index (χ4n) is 4.34. The van der Waals surface area contributed by atoms with Gasteiger partial charge in [-0.25, -0.2) is 0 Å². The number of carbonyl (C=O) groups is 3. The van der Waals surface area contributed by atoms with Crippen molar-refractivity contribution in [2.24, 2.45) is 0 Å². The molecule has 2 aromatic heterocycles. The van der Waals surface area contributed by atoms with Gasteiger partial charge in [-0.15, -0.1) is 11.3 Å². The summed E-state index contributed by atoms with van der Waals surface area (Å²) in [5.74, 6) is -0.411. The smallest absolute Gasteiger partial charge is 0.261 e. The van der Waals surface area contributed by atoms with E-state index in [0.29, 0.717) is 29.7 Å². The Bertz CT molecular complexity index is 1350. The molecule has 1 aliphatic rings. The molecule has 0 saturated carbocycles. The number of hydrogen-bond acceptors (Lipinski definition) is 5. The second-order valence-corrected chi connectivity index (χ2v) is 9.75. The van der Waals surface area contributed by atoms with E-state index in [1.54, 1.807) is 49.8 Å². The predicted octanol–water partition coefficient (Wildman–Crippen LogP) is 5.83. The fraction of sp³-hybridized carbons (Fsp3) is 0.250. The van der Waals surface area contributed by atoms with E-state index in [1.165, 1.54) is 14.7 Å². The molecule has 35 heavy (non-hydrogen) atoms. The molecule has 3 heterocycles. The van der Waals surface area contributed by atoms with Crippen molar-refractivity contribution in [3.05, 3.63) is 82.4 Å². The van der Waals surface area contributed by atoms with Crippen molar-refractivity contribution in [1.82, 2.24) is 9.47 Å². The first-order chi connectivity index (χ1) is 17.0. The van der Waals surface area contributed by atoms with Crippen molar-refractivity contribution in [2.45, 2.75) is 26.3 Å². The number of rotatable bonds is 7. The molecule has 0 saturated heterocycles. The van der Waals surface area contributed by atoms with Crippen molar-refractivity contribution >= 4 is 40.3 Å². The van der Waals surface area contributed by atoms with Crippen LogP contribution in [0.15, 0.2) is 60.8 Å². The molecule has 2 aromatic carbocycles. The number of unbranched alkanes of at least 4 members (excludes halogenated alkanes) is 1. The molecule has 0 bridgehead atoms. The highest BCUT2D eigenvalue weighted by atomic mass is 32.1. The third-order valence-corrected chi connectivity index (χ3v) is 6.99. The SMILES string of the molecule is COC.Cc1ccc(-c2cn(CCCCN3C(=O)c4ccccc4C3=O)c3cc(C=O)ccc23)s1. The number of thiophene rings is 1. The molecule has 2 amide bonds. The van der Waals surface area contributed by atoms with Crippen LogP contribution in [0.1, 0.15) is 48.8 Å². The predicted molar refractivity (Wildman–Crippen MR) is 139 cm³/mol. The molecule has 7 heteroatoms. The Morgan fingerprint density at radius 1 is 0.886 bits per heavy atom. The zero-order valence-electron chi connectivity index (χ0n) is 20.1. The van der Waals surface area contributed by atoms with Gasteiger partial charge in [0.25, 0.3) is 11.8 Å². The number of aldehydes is 1. The van der Waals surface area contributed by atoms with E-state index in [9.17, 15) is 14.4 Å². The number of amides is 2. The molecule has 5 rings (SSSR count). The van der Waals surface area contributed by atoms with Crippen molar-refractivity contribution in [3.8, 4) is 10.4 Å². The number of benzene rings is 2. The third kappa shape index (κ3) is 4.97. The van der Waals surface area contributed by atoms with Crippen LogP contribution in [0.4, 0.5) is 0 Å². The zero-order valence-corrected chi connectivity index (χ0v) is 20.9. The van der Waals surface area contributed by atoms with Crippen molar-refractivity contribution in [2.75, 3.05) is 20.8 Å². The molecule has 0 radical (unpaired) electrons. The average Bonchev–Trinajstić information content (AvgIpc) is 3.52. The molecule has 180 valence electrons. The first kappa shape index (κ1) is 24.6. The molecule has 6 nitrogen and oxygen atoms in total. The Morgan fingerprint density at radius 3 is 2.14 bits per heavy atom. The molecule has 0 aliphatic carbocycles. The van der Waals surface area contributed by atoms with Gasteiger partial charge in [0.05, 0.1) is 11.1 Å². The lowest BCUT2D eigenvalue weighted by atomic mass is 10.1. The van der Waals surface area contributed by atoms with E-state index in [4.69, 9.17) is 0 Å². The van der Waals surface area contributed by atoms with Crippen molar-refractivity contribution in [1.29, 1.82) is 0 Å². The minimum absolute atomic E-state index is 0.206. The normalized spacial score (nSPS) is 12.6. The van der Waals surface area contributed by atoms with E-state index >= 15 is 0 Å². The first-order valence-electron chi connectivity index (χ1n) is 11.5. The molecule has 0 fully saturated rings. The number of imide groups is 1. The Labute approximate surface area is 208 Å². The number of ether oxygens (including phenoxy) is 1. The average molecular weight is 489 g/mol. The Hall–Kier alpha value is -3.55. The lowest BCUT2D eigenvalue weighted by molar-refractivity contribution is 0.0651. The van der Waals surface area contributed by atoms with Crippen LogP contribution in [0.3, 0.4) is 0 Å². The lowest BCUT2D eigenvalue weighted by Crippen LogP contribution is -2.30. The van der Waals surface area contributed by atoms with E-state index in [0.717, 1.165) is 35.7 Å². The van der Waals surface area contributed by atoms with Gasteiger partial charge in [0.1, 0.15) is 6.29 Å². The maximum atomic E-state index is 12.5. The maximum Gasteiger partial charge on any atom is 0.261 e. The van der Waals surface area contributed by atoms with Gasteiger partial charge in [0.15, 0.2) is 0 Å². The quantitative estimate of drug-likeness (QED) is 0.186. The van der Waals surface area contributed by atoms with Gasteiger partial charge in [-0.1, -0.05) is 24.3 Å². The summed E-state index contributed by atoms with van der Waals surface area (Å²) >= 11 is 1.75. The van der Waals surface area contributed by atoms with Crippen molar-refractivity contribution in [3.63, 3.8) is 0 Å². The largest absolute Gasteiger partial charge is 0.388 e. The van der Waals surface area contributed by atoms with E-state index < -0.39 is 0 Å². The summed E-state index contributed by atoms with van der Waals surface area (Å²) in [5.41, 5.74) is 3.82. The van der Waals surface area contributed by atoms with Gasteiger partial charge in [-0.3, -0.25) is 19.3 Å². The van der Waals surface area contributed by atoms with Crippen LogP contribution >= 0.6 is 11.3 Å². The van der Waals surface area contributed by atoms with E-state index in [-0.39, 0.29) is 11.8 Å². The number of nitrogens with zero attached hydrogens (tertiary/aromatic N) is 2. The number of hydrogen-bond donors (Lipinski definition) is 0. The lowest BCUT2D eigenvalue weighted by Gasteiger charge is -2.14. The summed E-state index contributed by atoms with van der Waals surface area (Å²) in [6.45, 7) is 3.24. The highest BCUT2D eigenvalue weighted by Crippen LogP contribution is 2.35. The summed E-state index contributed by atoms with van der Waals surface area (Å²) in [4.78, 5) is 40.2. The molecule has 0 unspecified atom stereocenters. The van der Waals surface area contributed by atoms with Crippen LogP contribution in [0.25, 0.3) is 21.3 Å². The molecule has 4 aromatic rings. The van der Waals surface area contributed by atoms with Crippen LogP contribution in [-0.4, -0.2) is 48.3 Å². The van der Waals surface area contributed by atoms with E-state index in [1.807, 2.05) is 18.2 Å². The molecule has 0 N–H and O–H groups in total. The minimum Gasteiger partial charge on any atom is -0.388 e. The van der Waals surface area contributed by atoms with Gasteiger partial charge in [-0.05, 0) is 50.1 Å². The highest BCUT2D eigenvalue weighted by Gasteiger charge is 2.34. The van der Waals surface area contributed by atoms with Gasteiger partial charge in [0, 0.05) is 65.3 Å². The number of aromatic nitrogens is 1. The van der Waals surface area contributed by atoms with Crippen LogP contribution in [0.2, 0.25) is 0 Å². The van der Waals surface area contributed by atoms with Crippen LogP contribution in [0, 0.1) is 6.92 Å². The molecular weight excluding hydrogens is 460 g/mol. The number of carbonyl (C=O) groups excluding carboxylic acids is 3. The Balaban J connectivity index is 0.000000917. The van der Waals surface area contributed by atoms with Crippen LogP contribution < -0.4 is 0 Å². The Kier molecular flexibility index (Phi) is 7.58. The second kappa shape index (κ2) is 10.8. The molecule has 1 aliphatic heterocycles. The van der Waals surface area contributed by atoms with Gasteiger partial charge < -0.3 is 9.30 Å². The first-order valence-corrected chi connectivity index (χ1v) is 12.3. The molecule has 0 atom stereocenters. The molecule has 0 spiro atoms. The monoisotopic (exact) mass is 488 g/mol. The summed E-state index contributed by atoms with van der Waals surface area (Å²) < 4.78 is 6.43. The van der Waals surface area contributed by atoms with E-state index in [2.05, 4.69) is 34.6 Å². The summed E-state index contributed by atoms with van der Waals surface area (Å²) in [7, 11) is 3.25. The highest BCUT2D eigenvalue weighted by molar-refractivity contribution is 7.15. The number of fused-ring (bicyclic) bond motifs is 2. The number of aryl methyl sites for hydroxylation is 2. The van der Waals surface area contributed by atoms with Crippen LogP contribution in [0.5, 0.6) is 0 Å². The fourth-order valence-corrected chi connectivity index (χ4v) is 5.23. The zero-order chi connectivity index (χ0) is 24.9.